The molecule has 0 saturated heterocycles. The number of fused-ring (bicyclic) bond motifs is 3. The molecule has 1 aromatic rings. The molecule has 1 saturated carbocycles. The van der Waals surface area contributed by atoms with E-state index in [1.165, 1.54) is 6.92 Å². The van der Waals surface area contributed by atoms with Gasteiger partial charge in [0.2, 0.25) is 0 Å². The first-order valence-electron chi connectivity index (χ1n) is 12.1. The normalized spacial score (nSPS) is 31.1. The molecular formula is C27H36O6. The maximum atomic E-state index is 13.7. The van der Waals surface area contributed by atoms with Crippen LogP contribution in [0.15, 0.2) is 28.9 Å². The summed E-state index contributed by atoms with van der Waals surface area (Å²) in [5.74, 6) is -1.33. The van der Waals surface area contributed by atoms with Gasteiger partial charge in [0, 0.05) is 11.5 Å². The molecule has 6 heteroatoms. The quantitative estimate of drug-likeness (QED) is 0.432. The fourth-order valence-corrected chi connectivity index (χ4v) is 6.24. The lowest BCUT2D eigenvalue weighted by Gasteiger charge is -2.50. The Morgan fingerprint density at radius 1 is 1.18 bits per heavy atom. The molecule has 6 atom stereocenters. The highest BCUT2D eigenvalue weighted by atomic mass is 16.4. The van der Waals surface area contributed by atoms with Gasteiger partial charge in [-0.1, -0.05) is 31.9 Å². The van der Waals surface area contributed by atoms with Gasteiger partial charge in [0.25, 0.3) is 0 Å². The van der Waals surface area contributed by atoms with Gasteiger partial charge in [-0.15, -0.1) is 0 Å². The van der Waals surface area contributed by atoms with Gasteiger partial charge in [-0.3, -0.25) is 4.79 Å². The van der Waals surface area contributed by atoms with E-state index in [4.69, 9.17) is 0 Å². The predicted octanol–water partition coefficient (Wildman–Crippen LogP) is 3.59. The number of benzene rings is 1. The Morgan fingerprint density at radius 2 is 1.88 bits per heavy atom. The number of aliphatic hydroxyl groups is 4. The van der Waals surface area contributed by atoms with Crippen LogP contribution in [0.2, 0.25) is 0 Å². The van der Waals surface area contributed by atoms with Crippen molar-refractivity contribution in [1.82, 2.24) is 0 Å². The van der Waals surface area contributed by atoms with Crippen molar-refractivity contribution in [2.75, 3.05) is 0 Å². The van der Waals surface area contributed by atoms with Crippen LogP contribution in [0, 0.1) is 17.8 Å². The van der Waals surface area contributed by atoms with E-state index in [1.807, 2.05) is 13.0 Å². The number of carbonyl (C=O) groups is 1. The Kier molecular flexibility index (Phi) is 6.23. The predicted molar refractivity (Wildman–Crippen MR) is 126 cm³/mol. The van der Waals surface area contributed by atoms with Crippen molar-refractivity contribution >= 4 is 11.5 Å². The van der Waals surface area contributed by atoms with E-state index in [-0.39, 0.29) is 34.1 Å². The number of hydrogen-bond acceptors (Lipinski definition) is 6. The number of aromatic hydroxyl groups is 1. The Hall–Kier alpha value is -2.15. The molecule has 0 amide bonds. The van der Waals surface area contributed by atoms with E-state index in [0.29, 0.717) is 25.2 Å². The lowest BCUT2D eigenvalue weighted by Crippen LogP contribution is -2.63. The Morgan fingerprint density at radius 3 is 2.52 bits per heavy atom. The summed E-state index contributed by atoms with van der Waals surface area (Å²) >= 11 is 0. The van der Waals surface area contributed by atoms with Crippen LogP contribution in [0.5, 0.6) is 5.75 Å². The lowest BCUT2D eigenvalue weighted by atomic mass is 9.57. The van der Waals surface area contributed by atoms with E-state index < -0.39 is 29.5 Å². The van der Waals surface area contributed by atoms with Crippen molar-refractivity contribution in [3.8, 4) is 5.75 Å². The molecule has 1 fully saturated rings. The fourth-order valence-electron chi connectivity index (χ4n) is 6.24. The largest absolute Gasteiger partial charge is 0.507 e. The minimum Gasteiger partial charge on any atom is -0.507 e. The highest BCUT2D eigenvalue weighted by Crippen LogP contribution is 2.53. The molecule has 0 aromatic heterocycles. The molecule has 0 spiro atoms. The number of allylic oxidation sites excluding steroid dienone is 1. The van der Waals surface area contributed by atoms with E-state index in [2.05, 4.69) is 13.8 Å². The smallest absolute Gasteiger partial charge is 0.197 e. The number of aryl methyl sites for hydroxylation is 1. The van der Waals surface area contributed by atoms with Crippen LogP contribution in [0.4, 0.5) is 0 Å². The van der Waals surface area contributed by atoms with E-state index in [0.717, 1.165) is 36.0 Å². The molecule has 3 aliphatic carbocycles. The molecule has 4 rings (SSSR count). The zero-order chi connectivity index (χ0) is 24.2. The molecule has 0 heterocycles. The number of phenolic OH excluding ortho intramolecular Hbond substituents is 1. The van der Waals surface area contributed by atoms with Crippen molar-refractivity contribution in [3.05, 3.63) is 45.5 Å². The molecule has 0 bridgehead atoms. The first kappa shape index (κ1) is 24.0. The summed E-state index contributed by atoms with van der Waals surface area (Å²) in [6, 6.07) is 3.46. The van der Waals surface area contributed by atoms with E-state index in [9.17, 15) is 30.3 Å². The second-order valence-electron chi connectivity index (χ2n) is 10.4. The number of carbonyl (C=O) groups excluding carboxylic acids is 1. The summed E-state index contributed by atoms with van der Waals surface area (Å²) in [5, 5.41) is 54.5. The second-order valence-corrected chi connectivity index (χ2v) is 10.4. The average Bonchev–Trinajstić information content (AvgIpc) is 2.75. The molecule has 6 unspecified atom stereocenters. The van der Waals surface area contributed by atoms with Crippen LogP contribution >= 0.6 is 0 Å². The van der Waals surface area contributed by atoms with Crippen LogP contribution in [-0.2, 0) is 17.6 Å². The first-order chi connectivity index (χ1) is 15.5. The topological polar surface area (TPSA) is 118 Å². The van der Waals surface area contributed by atoms with Gasteiger partial charge < -0.3 is 25.5 Å². The number of phenols is 1. The van der Waals surface area contributed by atoms with Crippen molar-refractivity contribution < 1.29 is 30.3 Å². The van der Waals surface area contributed by atoms with Crippen LogP contribution in [-0.4, -0.2) is 49.1 Å². The van der Waals surface area contributed by atoms with Gasteiger partial charge in [0.1, 0.15) is 17.6 Å². The van der Waals surface area contributed by atoms with E-state index in [1.54, 1.807) is 6.07 Å². The second kappa shape index (κ2) is 8.57. The monoisotopic (exact) mass is 456 g/mol. The van der Waals surface area contributed by atoms with Crippen LogP contribution in [0.3, 0.4) is 0 Å². The lowest BCUT2D eigenvalue weighted by molar-refractivity contribution is -0.163. The SMILES string of the molecule is CCC(C)CCc1ccc(O)c2c1CC1CC3CC(C)=C(C(C)O)C(O)C3(O)C(=O)C1=C2O. The summed E-state index contributed by atoms with van der Waals surface area (Å²) in [6.45, 7) is 7.69. The van der Waals surface area contributed by atoms with Gasteiger partial charge in [0.15, 0.2) is 11.4 Å². The highest BCUT2D eigenvalue weighted by Gasteiger charge is 2.60. The first-order valence-corrected chi connectivity index (χ1v) is 12.1. The van der Waals surface area contributed by atoms with Gasteiger partial charge in [0.05, 0.1) is 11.7 Å². The maximum absolute atomic E-state index is 13.7. The number of aliphatic hydroxyl groups excluding tert-OH is 3. The fraction of sp³-hybridized carbons (Fsp3) is 0.593. The Bertz CT molecular complexity index is 1040. The number of rotatable bonds is 5. The highest BCUT2D eigenvalue weighted by molar-refractivity contribution is 6.09. The average molecular weight is 457 g/mol. The molecular weight excluding hydrogens is 420 g/mol. The number of hydrogen-bond donors (Lipinski definition) is 5. The van der Waals surface area contributed by atoms with Gasteiger partial charge in [-0.05, 0) is 80.6 Å². The summed E-state index contributed by atoms with van der Waals surface area (Å²) in [6.07, 6.45) is 1.70. The minimum atomic E-state index is -2.10. The zero-order valence-electron chi connectivity index (χ0n) is 19.9. The minimum absolute atomic E-state index is 0.0826. The Balaban J connectivity index is 1.79. The van der Waals surface area contributed by atoms with Crippen molar-refractivity contribution in [2.45, 2.75) is 84.0 Å². The van der Waals surface area contributed by atoms with Crippen molar-refractivity contribution in [2.24, 2.45) is 17.8 Å². The third-order valence-corrected chi connectivity index (χ3v) is 8.35. The maximum Gasteiger partial charge on any atom is 0.197 e. The van der Waals surface area contributed by atoms with Crippen LogP contribution in [0.1, 0.15) is 70.1 Å². The van der Waals surface area contributed by atoms with Crippen LogP contribution in [0.25, 0.3) is 5.76 Å². The summed E-state index contributed by atoms with van der Waals surface area (Å²) in [4.78, 5) is 13.7. The molecule has 6 nitrogen and oxygen atoms in total. The number of ketones is 1. The summed E-state index contributed by atoms with van der Waals surface area (Å²) in [7, 11) is 0. The molecule has 0 radical (unpaired) electrons. The molecule has 0 aliphatic heterocycles. The van der Waals surface area contributed by atoms with Gasteiger partial charge in [-0.2, -0.15) is 0 Å². The summed E-state index contributed by atoms with van der Waals surface area (Å²) < 4.78 is 0. The molecule has 5 N–H and O–H groups in total. The van der Waals surface area contributed by atoms with Crippen molar-refractivity contribution in [3.63, 3.8) is 0 Å². The molecule has 1 aromatic carbocycles. The van der Waals surface area contributed by atoms with Crippen LogP contribution < -0.4 is 0 Å². The van der Waals surface area contributed by atoms with Gasteiger partial charge in [-0.25, -0.2) is 0 Å². The summed E-state index contributed by atoms with van der Waals surface area (Å²) in [5.41, 5.74) is 1.25. The molecule has 180 valence electrons. The standard InChI is InChI=1S/C27H36O6/c1-5-13(2)6-7-16-8-9-20(29)23-19(16)12-17-11-18-10-14(3)21(15(4)28)25(31)27(18,33)26(32)22(17)24(23)30/h8-9,13,15,17-18,25,28-31,33H,5-7,10-12H2,1-4H3. The van der Waals surface area contributed by atoms with Crippen molar-refractivity contribution in [1.29, 1.82) is 0 Å². The third kappa shape index (κ3) is 3.63. The number of Topliss-reactive ketones (excluding diaryl/α,β-unsaturated/α-hetero) is 1. The van der Waals surface area contributed by atoms with E-state index >= 15 is 0 Å². The zero-order valence-corrected chi connectivity index (χ0v) is 19.9. The Labute approximate surface area is 195 Å². The molecule has 33 heavy (non-hydrogen) atoms. The third-order valence-electron chi connectivity index (χ3n) is 8.35. The van der Waals surface area contributed by atoms with Gasteiger partial charge >= 0.3 is 0 Å². The molecule has 3 aliphatic rings.